The van der Waals surface area contributed by atoms with E-state index in [0.717, 1.165) is 5.56 Å². The highest BCUT2D eigenvalue weighted by Crippen LogP contribution is 2.23. The molecule has 0 radical (unpaired) electrons. The summed E-state index contributed by atoms with van der Waals surface area (Å²) in [7, 11) is 2.05. The summed E-state index contributed by atoms with van der Waals surface area (Å²) in [6.45, 7) is 4.91. The molecule has 2 nitrogen and oxygen atoms in total. The van der Waals surface area contributed by atoms with E-state index in [1.807, 2.05) is 37.4 Å². The van der Waals surface area contributed by atoms with Crippen LogP contribution in [0.1, 0.15) is 22.6 Å². The Morgan fingerprint density at radius 3 is 2.40 bits per heavy atom. The molecular formula is C18H20N2. The van der Waals surface area contributed by atoms with E-state index >= 15 is 0 Å². The lowest BCUT2D eigenvalue weighted by Gasteiger charge is -2.24. The maximum atomic E-state index is 9.41. The summed E-state index contributed by atoms with van der Waals surface area (Å²) in [4.78, 5) is 2.16. The summed E-state index contributed by atoms with van der Waals surface area (Å²) in [6, 6.07) is 18.8. The number of likely N-dealkylation sites (N-methyl/N-ethyl adjacent to an activating group) is 1. The highest BCUT2D eigenvalue weighted by Gasteiger charge is 2.14. The summed E-state index contributed by atoms with van der Waals surface area (Å²) in [5, 5.41) is 9.41. The van der Waals surface area contributed by atoms with Gasteiger partial charge in [0.05, 0.1) is 12.0 Å². The first-order valence-corrected chi connectivity index (χ1v) is 6.84. The molecule has 0 spiro atoms. The van der Waals surface area contributed by atoms with Crippen LogP contribution in [0.2, 0.25) is 0 Å². The molecule has 0 amide bonds. The first-order valence-electron chi connectivity index (χ1n) is 6.84. The Bertz CT molecular complexity index is 611. The predicted molar refractivity (Wildman–Crippen MR) is 84.0 cm³/mol. The molecule has 2 aromatic carbocycles. The van der Waals surface area contributed by atoms with E-state index in [4.69, 9.17) is 0 Å². The molecule has 0 aromatic heterocycles. The number of nitrogens with zero attached hydrogens (tertiary/aromatic N) is 2. The minimum Gasteiger partial charge on any atom is -0.373 e. The fraction of sp³-hybridized carbons (Fsp3) is 0.278. The molecule has 2 heteroatoms. The summed E-state index contributed by atoms with van der Waals surface area (Å²) in [5.41, 5.74) is 4.77. The number of hydrogen-bond donors (Lipinski definition) is 0. The molecule has 0 heterocycles. The van der Waals surface area contributed by atoms with E-state index in [2.05, 4.69) is 43.0 Å². The number of nitriles is 1. The van der Waals surface area contributed by atoms with E-state index in [-0.39, 0.29) is 5.92 Å². The molecule has 2 rings (SSSR count). The second-order valence-electron chi connectivity index (χ2n) is 5.26. The molecule has 0 aliphatic rings. The van der Waals surface area contributed by atoms with Gasteiger partial charge in [-0.2, -0.15) is 5.26 Å². The van der Waals surface area contributed by atoms with Crippen molar-refractivity contribution in [3.05, 3.63) is 65.2 Å². The molecule has 2 aromatic rings. The quantitative estimate of drug-likeness (QED) is 0.833. The Labute approximate surface area is 121 Å². The lowest BCUT2D eigenvalue weighted by molar-refractivity contribution is 0.801. The largest absolute Gasteiger partial charge is 0.373 e. The molecule has 0 fully saturated rings. The lowest BCUT2D eigenvalue weighted by atomic mass is 9.99. The zero-order valence-corrected chi connectivity index (χ0v) is 12.3. The van der Waals surface area contributed by atoms with Crippen molar-refractivity contribution in [2.24, 2.45) is 0 Å². The van der Waals surface area contributed by atoms with Crippen molar-refractivity contribution in [3.8, 4) is 6.07 Å². The molecule has 1 atom stereocenters. The van der Waals surface area contributed by atoms with Gasteiger partial charge in [0.25, 0.3) is 0 Å². The normalized spacial score (nSPS) is 11.7. The standard InChI is InChI=1S/C18H20N2/c1-14-9-10-18(15(2)11-14)20(3)13-17(12-19)16-7-5-4-6-8-16/h4-11,17H,13H2,1-3H3. The number of aryl methyl sites for hydroxylation is 2. The first-order chi connectivity index (χ1) is 9.61. The average Bonchev–Trinajstić information content (AvgIpc) is 2.45. The minimum absolute atomic E-state index is 0.109. The zero-order chi connectivity index (χ0) is 14.5. The fourth-order valence-corrected chi connectivity index (χ4v) is 2.51. The van der Waals surface area contributed by atoms with Crippen LogP contribution < -0.4 is 4.90 Å². The first kappa shape index (κ1) is 14.1. The van der Waals surface area contributed by atoms with Crippen molar-refractivity contribution in [2.45, 2.75) is 19.8 Å². The zero-order valence-electron chi connectivity index (χ0n) is 12.3. The molecule has 0 saturated heterocycles. The van der Waals surface area contributed by atoms with Crippen LogP contribution in [0, 0.1) is 25.2 Å². The molecule has 0 saturated carbocycles. The van der Waals surface area contributed by atoms with Gasteiger partial charge in [-0.15, -0.1) is 0 Å². The molecule has 0 bridgehead atoms. The van der Waals surface area contributed by atoms with Gasteiger partial charge < -0.3 is 4.90 Å². The van der Waals surface area contributed by atoms with Crippen LogP contribution in [0.15, 0.2) is 48.5 Å². The predicted octanol–water partition coefficient (Wildman–Crippen LogP) is 4.05. The Morgan fingerprint density at radius 1 is 1.10 bits per heavy atom. The van der Waals surface area contributed by atoms with Gasteiger partial charge in [0.1, 0.15) is 0 Å². The summed E-state index contributed by atoms with van der Waals surface area (Å²) < 4.78 is 0. The molecule has 1 unspecified atom stereocenters. The summed E-state index contributed by atoms with van der Waals surface area (Å²) in [6.07, 6.45) is 0. The fourth-order valence-electron chi connectivity index (χ4n) is 2.51. The van der Waals surface area contributed by atoms with Crippen LogP contribution in [0.4, 0.5) is 5.69 Å². The number of anilines is 1. The maximum Gasteiger partial charge on any atom is 0.0887 e. The Morgan fingerprint density at radius 2 is 1.80 bits per heavy atom. The number of rotatable bonds is 4. The van der Waals surface area contributed by atoms with Crippen molar-refractivity contribution < 1.29 is 0 Å². The van der Waals surface area contributed by atoms with Gasteiger partial charge in [0, 0.05) is 19.3 Å². The van der Waals surface area contributed by atoms with Gasteiger partial charge in [-0.3, -0.25) is 0 Å². The van der Waals surface area contributed by atoms with Crippen molar-refractivity contribution in [1.29, 1.82) is 5.26 Å². The summed E-state index contributed by atoms with van der Waals surface area (Å²) in [5.74, 6) is -0.109. The van der Waals surface area contributed by atoms with Crippen LogP contribution in [0.5, 0.6) is 0 Å². The van der Waals surface area contributed by atoms with Crippen LogP contribution in [-0.4, -0.2) is 13.6 Å². The molecule has 0 aliphatic carbocycles. The van der Waals surface area contributed by atoms with Gasteiger partial charge >= 0.3 is 0 Å². The highest BCUT2D eigenvalue weighted by atomic mass is 15.1. The van der Waals surface area contributed by atoms with Gasteiger partial charge in [-0.1, -0.05) is 48.0 Å². The Hall–Kier alpha value is -2.27. The topological polar surface area (TPSA) is 27.0 Å². The molecule has 0 N–H and O–H groups in total. The smallest absolute Gasteiger partial charge is 0.0887 e. The van der Waals surface area contributed by atoms with E-state index in [1.54, 1.807) is 0 Å². The lowest BCUT2D eigenvalue weighted by Crippen LogP contribution is -2.24. The second-order valence-corrected chi connectivity index (χ2v) is 5.26. The van der Waals surface area contributed by atoms with E-state index < -0.39 is 0 Å². The Balaban J connectivity index is 2.18. The van der Waals surface area contributed by atoms with Crippen molar-refractivity contribution in [1.82, 2.24) is 0 Å². The van der Waals surface area contributed by atoms with Gasteiger partial charge in [-0.05, 0) is 31.0 Å². The molecule has 20 heavy (non-hydrogen) atoms. The van der Waals surface area contributed by atoms with Crippen molar-refractivity contribution >= 4 is 5.69 Å². The van der Waals surface area contributed by atoms with Gasteiger partial charge in [0.15, 0.2) is 0 Å². The van der Waals surface area contributed by atoms with Gasteiger partial charge in [0.2, 0.25) is 0 Å². The van der Waals surface area contributed by atoms with E-state index in [9.17, 15) is 5.26 Å². The third-order valence-corrected chi connectivity index (χ3v) is 3.58. The second kappa shape index (κ2) is 6.25. The maximum absolute atomic E-state index is 9.41. The monoisotopic (exact) mass is 264 g/mol. The summed E-state index contributed by atoms with van der Waals surface area (Å²) >= 11 is 0. The minimum atomic E-state index is -0.109. The highest BCUT2D eigenvalue weighted by molar-refractivity contribution is 5.54. The number of benzene rings is 2. The van der Waals surface area contributed by atoms with Crippen molar-refractivity contribution in [3.63, 3.8) is 0 Å². The molecular weight excluding hydrogens is 244 g/mol. The van der Waals surface area contributed by atoms with Crippen LogP contribution in [0.3, 0.4) is 0 Å². The third kappa shape index (κ3) is 3.19. The third-order valence-electron chi connectivity index (χ3n) is 3.58. The SMILES string of the molecule is Cc1ccc(N(C)CC(C#N)c2ccccc2)c(C)c1. The van der Waals surface area contributed by atoms with E-state index in [0.29, 0.717) is 6.54 Å². The van der Waals surface area contributed by atoms with Gasteiger partial charge in [-0.25, -0.2) is 0 Å². The Kier molecular flexibility index (Phi) is 4.42. The van der Waals surface area contributed by atoms with Crippen LogP contribution >= 0.6 is 0 Å². The molecule has 0 aliphatic heterocycles. The average molecular weight is 264 g/mol. The molecule has 102 valence electrons. The van der Waals surface area contributed by atoms with Crippen LogP contribution in [-0.2, 0) is 0 Å². The van der Waals surface area contributed by atoms with E-state index in [1.165, 1.54) is 16.8 Å². The number of hydrogen-bond acceptors (Lipinski definition) is 2. The van der Waals surface area contributed by atoms with Crippen LogP contribution in [0.25, 0.3) is 0 Å². The van der Waals surface area contributed by atoms with Crippen molar-refractivity contribution in [2.75, 3.05) is 18.5 Å².